The van der Waals surface area contributed by atoms with Gasteiger partial charge >= 0.3 is 6.03 Å². The maximum absolute atomic E-state index is 11.8. The van der Waals surface area contributed by atoms with Crippen molar-refractivity contribution in [3.05, 3.63) is 56.6 Å². The van der Waals surface area contributed by atoms with E-state index in [2.05, 4.69) is 49.2 Å². The average molecular weight is 417 g/mol. The number of carbonyl (C=O) groups excluding carboxylic acids is 1. The van der Waals surface area contributed by atoms with Gasteiger partial charge in [0.15, 0.2) is 0 Å². The molecule has 0 aromatic heterocycles. The number of hydrogen-bond acceptors (Lipinski definition) is 1. The third-order valence-electron chi connectivity index (χ3n) is 2.24. The Labute approximate surface area is 127 Å². The Morgan fingerprint density at radius 3 is 2.17 bits per heavy atom. The molecule has 2 N–H and O–H groups in total. The topological polar surface area (TPSA) is 41.1 Å². The van der Waals surface area contributed by atoms with E-state index >= 15 is 0 Å². The Balaban J connectivity index is 2.06. The highest BCUT2D eigenvalue weighted by atomic mass is 127. The van der Waals surface area contributed by atoms with Crippen molar-refractivity contribution in [2.45, 2.75) is 0 Å². The lowest BCUT2D eigenvalue weighted by atomic mass is 10.3. The molecule has 0 fully saturated rings. The van der Waals surface area contributed by atoms with Gasteiger partial charge in [-0.05, 0) is 62.8 Å². The van der Waals surface area contributed by atoms with Gasteiger partial charge in [-0.2, -0.15) is 0 Å². The second-order valence-electron chi connectivity index (χ2n) is 3.54. The minimum absolute atomic E-state index is 0.258. The van der Waals surface area contributed by atoms with Crippen molar-refractivity contribution in [1.29, 1.82) is 0 Å². The summed E-state index contributed by atoms with van der Waals surface area (Å²) in [7, 11) is 0. The quantitative estimate of drug-likeness (QED) is 0.684. The first kappa shape index (κ1) is 13.4. The minimum atomic E-state index is -0.258. The molecule has 0 unspecified atom stereocenters. The molecule has 0 saturated carbocycles. The molecule has 2 aromatic rings. The number of halogens is 2. The molecule has 2 amide bonds. The highest BCUT2D eigenvalue weighted by Crippen LogP contribution is 2.22. The van der Waals surface area contributed by atoms with E-state index in [9.17, 15) is 4.79 Å². The van der Waals surface area contributed by atoms with Gasteiger partial charge in [-0.15, -0.1) is 0 Å². The highest BCUT2D eigenvalue weighted by Gasteiger charge is 2.06. The van der Waals surface area contributed by atoms with Crippen LogP contribution in [0, 0.1) is 3.57 Å². The molecule has 0 spiro atoms. The van der Waals surface area contributed by atoms with Gasteiger partial charge < -0.3 is 10.6 Å². The van der Waals surface area contributed by atoms with Gasteiger partial charge in [-0.1, -0.05) is 24.3 Å². The fraction of sp³-hybridized carbons (Fsp3) is 0. The van der Waals surface area contributed by atoms with Gasteiger partial charge in [0.05, 0.1) is 11.4 Å². The molecule has 18 heavy (non-hydrogen) atoms. The number of hydrogen-bond donors (Lipinski definition) is 2. The predicted octanol–water partition coefficient (Wildman–Crippen LogP) is 4.70. The SMILES string of the molecule is O=C(Nc1ccccc1Br)Nc1ccccc1I. The van der Waals surface area contributed by atoms with E-state index < -0.39 is 0 Å². The summed E-state index contributed by atoms with van der Waals surface area (Å²) in [5.74, 6) is 0. The van der Waals surface area contributed by atoms with Gasteiger partial charge in [-0.25, -0.2) is 4.79 Å². The summed E-state index contributed by atoms with van der Waals surface area (Å²) < 4.78 is 1.85. The van der Waals surface area contributed by atoms with Crippen LogP contribution in [0.3, 0.4) is 0 Å². The number of carbonyl (C=O) groups is 1. The van der Waals surface area contributed by atoms with Gasteiger partial charge in [0.1, 0.15) is 0 Å². The normalized spacial score (nSPS) is 9.89. The fourth-order valence-electron chi connectivity index (χ4n) is 1.40. The molecule has 3 nitrogen and oxygen atoms in total. The molecule has 92 valence electrons. The molecular weight excluding hydrogens is 407 g/mol. The molecule has 0 aliphatic carbocycles. The Morgan fingerprint density at radius 2 is 1.50 bits per heavy atom. The van der Waals surface area contributed by atoms with E-state index in [-0.39, 0.29) is 6.03 Å². The number of anilines is 2. The van der Waals surface area contributed by atoms with E-state index in [0.717, 1.165) is 19.4 Å². The Hall–Kier alpha value is -1.08. The van der Waals surface area contributed by atoms with Gasteiger partial charge in [-0.3, -0.25) is 0 Å². The minimum Gasteiger partial charge on any atom is -0.307 e. The van der Waals surface area contributed by atoms with Crippen LogP contribution < -0.4 is 10.6 Å². The molecule has 0 aliphatic rings. The third-order valence-corrected chi connectivity index (χ3v) is 3.88. The molecular formula is C13H10BrIN2O. The summed E-state index contributed by atoms with van der Waals surface area (Å²) in [6, 6.07) is 14.8. The van der Waals surface area contributed by atoms with E-state index in [4.69, 9.17) is 0 Å². The van der Waals surface area contributed by atoms with Crippen molar-refractivity contribution in [2.75, 3.05) is 10.6 Å². The van der Waals surface area contributed by atoms with Gasteiger partial charge in [0.25, 0.3) is 0 Å². The van der Waals surface area contributed by atoms with Gasteiger partial charge in [0.2, 0.25) is 0 Å². The summed E-state index contributed by atoms with van der Waals surface area (Å²) in [6.45, 7) is 0. The molecule has 0 bridgehead atoms. The first-order valence-corrected chi connectivity index (χ1v) is 7.11. The molecule has 0 heterocycles. The number of benzene rings is 2. The van der Waals surface area contributed by atoms with Crippen LogP contribution in [-0.4, -0.2) is 6.03 Å². The highest BCUT2D eigenvalue weighted by molar-refractivity contribution is 14.1. The number of rotatable bonds is 2. The molecule has 2 aromatic carbocycles. The molecule has 0 saturated heterocycles. The van der Waals surface area contributed by atoms with Crippen molar-refractivity contribution in [1.82, 2.24) is 0 Å². The summed E-state index contributed by atoms with van der Waals surface area (Å²) in [6.07, 6.45) is 0. The molecule has 0 atom stereocenters. The smallest absolute Gasteiger partial charge is 0.307 e. The van der Waals surface area contributed by atoms with E-state index in [1.807, 2.05) is 48.5 Å². The Kier molecular flexibility index (Phi) is 4.60. The number of urea groups is 1. The Morgan fingerprint density at radius 1 is 0.944 bits per heavy atom. The largest absolute Gasteiger partial charge is 0.323 e. The molecule has 0 aliphatic heterocycles. The van der Waals surface area contributed by atoms with Crippen LogP contribution in [0.2, 0.25) is 0 Å². The summed E-state index contributed by atoms with van der Waals surface area (Å²) in [5.41, 5.74) is 1.53. The van der Waals surface area contributed by atoms with Crippen LogP contribution in [-0.2, 0) is 0 Å². The van der Waals surface area contributed by atoms with E-state index in [0.29, 0.717) is 0 Å². The van der Waals surface area contributed by atoms with Crippen molar-refractivity contribution in [3.8, 4) is 0 Å². The molecule has 0 radical (unpaired) electrons. The summed E-state index contributed by atoms with van der Waals surface area (Å²) in [4.78, 5) is 11.8. The lowest BCUT2D eigenvalue weighted by molar-refractivity contribution is 0.262. The van der Waals surface area contributed by atoms with Crippen LogP contribution in [0.1, 0.15) is 0 Å². The van der Waals surface area contributed by atoms with Crippen molar-refractivity contribution in [3.63, 3.8) is 0 Å². The van der Waals surface area contributed by atoms with Crippen molar-refractivity contribution >= 4 is 55.9 Å². The van der Waals surface area contributed by atoms with Crippen LogP contribution in [0.15, 0.2) is 53.0 Å². The van der Waals surface area contributed by atoms with Crippen LogP contribution >= 0.6 is 38.5 Å². The van der Waals surface area contributed by atoms with Crippen LogP contribution in [0.4, 0.5) is 16.2 Å². The molecule has 5 heteroatoms. The zero-order valence-corrected chi connectivity index (χ0v) is 13.0. The number of para-hydroxylation sites is 2. The lowest BCUT2D eigenvalue weighted by Crippen LogP contribution is -2.20. The number of nitrogens with one attached hydrogen (secondary N) is 2. The predicted molar refractivity (Wildman–Crippen MR) is 85.9 cm³/mol. The lowest BCUT2D eigenvalue weighted by Gasteiger charge is -2.10. The third kappa shape index (κ3) is 3.46. The van der Waals surface area contributed by atoms with Crippen LogP contribution in [0.25, 0.3) is 0 Å². The molecule has 2 rings (SSSR count). The monoisotopic (exact) mass is 416 g/mol. The summed E-state index contributed by atoms with van der Waals surface area (Å²) >= 11 is 5.56. The number of amides is 2. The standard InChI is InChI=1S/C13H10BrIN2O/c14-9-5-1-3-7-11(9)16-13(18)17-12-8-4-2-6-10(12)15/h1-8H,(H2,16,17,18). The maximum atomic E-state index is 11.8. The second kappa shape index (κ2) is 6.19. The van der Waals surface area contributed by atoms with Crippen LogP contribution in [0.5, 0.6) is 0 Å². The van der Waals surface area contributed by atoms with E-state index in [1.54, 1.807) is 0 Å². The second-order valence-corrected chi connectivity index (χ2v) is 5.56. The zero-order chi connectivity index (χ0) is 13.0. The summed E-state index contributed by atoms with van der Waals surface area (Å²) in [5, 5.41) is 5.59. The maximum Gasteiger partial charge on any atom is 0.323 e. The van der Waals surface area contributed by atoms with Crippen molar-refractivity contribution in [2.24, 2.45) is 0 Å². The first-order valence-electron chi connectivity index (χ1n) is 5.24. The van der Waals surface area contributed by atoms with E-state index in [1.165, 1.54) is 0 Å². The van der Waals surface area contributed by atoms with Crippen molar-refractivity contribution < 1.29 is 4.79 Å². The average Bonchev–Trinajstić information content (AvgIpc) is 2.35. The Bertz CT molecular complexity index is 525. The first-order chi connectivity index (χ1) is 8.66. The van der Waals surface area contributed by atoms with Gasteiger partial charge in [0, 0.05) is 8.04 Å². The fourth-order valence-corrected chi connectivity index (χ4v) is 2.31. The zero-order valence-electron chi connectivity index (χ0n) is 9.28.